The summed E-state index contributed by atoms with van der Waals surface area (Å²) in [7, 11) is 0. The van der Waals surface area contributed by atoms with Crippen molar-refractivity contribution in [3.05, 3.63) is 129 Å². The van der Waals surface area contributed by atoms with Gasteiger partial charge in [-0.15, -0.1) is 0 Å². The van der Waals surface area contributed by atoms with Crippen molar-refractivity contribution in [2.45, 2.75) is 33.4 Å². The van der Waals surface area contributed by atoms with Crippen molar-refractivity contribution in [2.24, 2.45) is 4.99 Å². The van der Waals surface area contributed by atoms with Crippen molar-refractivity contribution in [3.8, 4) is 11.5 Å². The Morgan fingerprint density at radius 1 is 1.11 bits per heavy atom. The Kier molecular flexibility index (Phi) is 9.59. The molecule has 0 amide bonds. The lowest BCUT2D eigenvalue weighted by molar-refractivity contribution is -0.386. The lowest BCUT2D eigenvalue weighted by Crippen LogP contribution is -2.39. The van der Waals surface area contributed by atoms with E-state index in [0.717, 1.165) is 11.3 Å². The lowest BCUT2D eigenvalue weighted by Gasteiger charge is -2.24. The number of halogens is 2. The van der Waals surface area contributed by atoms with E-state index in [-0.39, 0.29) is 34.8 Å². The second-order valence-electron chi connectivity index (χ2n) is 9.83. The monoisotopic (exact) mass is 695 g/mol. The van der Waals surface area contributed by atoms with Gasteiger partial charge in [-0.05, 0) is 89.8 Å². The Morgan fingerprint density at radius 3 is 2.47 bits per heavy atom. The van der Waals surface area contributed by atoms with Crippen LogP contribution in [0, 0.1) is 15.9 Å². The van der Waals surface area contributed by atoms with Crippen molar-refractivity contribution >= 4 is 45.0 Å². The zero-order valence-corrected chi connectivity index (χ0v) is 26.8. The molecule has 0 radical (unpaired) electrons. The summed E-state index contributed by atoms with van der Waals surface area (Å²) < 4.78 is 31.9. The van der Waals surface area contributed by atoms with E-state index in [0.29, 0.717) is 44.0 Å². The lowest BCUT2D eigenvalue weighted by atomic mass is 9.96. The Labute approximate surface area is 269 Å². The minimum atomic E-state index is -0.818. The third-order valence-corrected chi connectivity index (χ3v) is 8.43. The summed E-state index contributed by atoms with van der Waals surface area (Å²) in [5.74, 6) is -0.348. The van der Waals surface area contributed by atoms with Crippen LogP contribution < -0.4 is 24.4 Å². The zero-order chi connectivity index (χ0) is 32.2. The number of carbonyl (C=O) groups is 1. The highest BCUT2D eigenvalue weighted by atomic mass is 79.9. The number of allylic oxidation sites excluding steroid dienone is 1. The quantitative estimate of drug-likeness (QED) is 0.121. The van der Waals surface area contributed by atoms with Gasteiger partial charge in [-0.2, -0.15) is 0 Å². The summed E-state index contributed by atoms with van der Waals surface area (Å²) >= 11 is 4.47. The molecule has 0 unspecified atom stereocenters. The van der Waals surface area contributed by atoms with Gasteiger partial charge in [-0.25, -0.2) is 14.2 Å². The van der Waals surface area contributed by atoms with Gasteiger partial charge in [0.15, 0.2) is 4.80 Å². The van der Waals surface area contributed by atoms with E-state index in [4.69, 9.17) is 14.2 Å². The molecule has 45 heavy (non-hydrogen) atoms. The number of esters is 1. The molecule has 0 fully saturated rings. The van der Waals surface area contributed by atoms with Gasteiger partial charge in [0.2, 0.25) is 5.75 Å². The van der Waals surface area contributed by atoms with Crippen molar-refractivity contribution in [1.29, 1.82) is 0 Å². The summed E-state index contributed by atoms with van der Waals surface area (Å²) in [6.45, 7) is 5.87. The molecule has 0 saturated heterocycles. The predicted molar refractivity (Wildman–Crippen MR) is 170 cm³/mol. The van der Waals surface area contributed by atoms with Crippen molar-refractivity contribution in [2.75, 3.05) is 13.2 Å². The fourth-order valence-corrected chi connectivity index (χ4v) is 6.50. The van der Waals surface area contributed by atoms with Gasteiger partial charge >= 0.3 is 11.7 Å². The molecule has 1 aliphatic rings. The van der Waals surface area contributed by atoms with Crippen molar-refractivity contribution in [3.63, 3.8) is 0 Å². The number of benzene rings is 3. The number of nitrogens with zero attached hydrogens (tertiary/aromatic N) is 3. The van der Waals surface area contributed by atoms with E-state index in [1.165, 1.54) is 41.0 Å². The molecule has 2 heterocycles. The second-order valence-corrected chi connectivity index (χ2v) is 11.7. The number of nitro benzene ring substituents is 1. The molecule has 0 spiro atoms. The Balaban J connectivity index is 1.58. The summed E-state index contributed by atoms with van der Waals surface area (Å²) in [6, 6.07) is 14.8. The van der Waals surface area contributed by atoms with E-state index in [2.05, 4.69) is 20.9 Å². The van der Waals surface area contributed by atoms with Crippen molar-refractivity contribution < 1.29 is 28.3 Å². The molecule has 5 rings (SSSR count). The number of ether oxygens (including phenoxy) is 3. The molecule has 232 valence electrons. The van der Waals surface area contributed by atoms with Gasteiger partial charge < -0.3 is 14.2 Å². The number of hydrogen-bond acceptors (Lipinski definition) is 9. The molecule has 0 bridgehead atoms. The average Bonchev–Trinajstić information content (AvgIpc) is 3.30. The van der Waals surface area contributed by atoms with E-state index >= 15 is 0 Å². The van der Waals surface area contributed by atoms with Crippen LogP contribution in [0.2, 0.25) is 0 Å². The van der Waals surface area contributed by atoms with E-state index in [9.17, 15) is 24.1 Å². The summed E-state index contributed by atoms with van der Waals surface area (Å²) in [5.41, 5.74) is 1.56. The Hall–Kier alpha value is -4.62. The molecule has 1 aromatic heterocycles. The van der Waals surface area contributed by atoms with Crippen LogP contribution in [0.1, 0.15) is 43.5 Å². The number of fused-ring (bicyclic) bond motifs is 1. The van der Waals surface area contributed by atoms with Crippen LogP contribution in [0.3, 0.4) is 0 Å². The molecular formula is C32H27BrFN3O7S. The first-order valence-corrected chi connectivity index (χ1v) is 15.5. The minimum Gasteiger partial charge on any atom is -0.494 e. The maximum atomic E-state index is 13.9. The zero-order valence-electron chi connectivity index (χ0n) is 24.4. The molecule has 1 aliphatic heterocycles. The predicted octanol–water partition coefficient (Wildman–Crippen LogP) is 5.59. The summed E-state index contributed by atoms with van der Waals surface area (Å²) in [5, 5.41) is 12.0. The van der Waals surface area contributed by atoms with Gasteiger partial charge in [0.1, 0.15) is 18.2 Å². The third-order valence-electron chi connectivity index (χ3n) is 6.86. The molecule has 0 saturated carbocycles. The molecule has 0 aliphatic carbocycles. The first kappa shape index (κ1) is 31.8. The van der Waals surface area contributed by atoms with Crippen LogP contribution in [0.15, 0.2) is 86.2 Å². The maximum absolute atomic E-state index is 13.9. The molecular weight excluding hydrogens is 669 g/mol. The van der Waals surface area contributed by atoms with E-state index in [1.54, 1.807) is 44.2 Å². The standard InChI is InChI=1S/C32H27BrFN3O7S/c1-4-42-23-12-8-21(9-13-23)28-27(31(39)43-5-2)18(3)35-32-36(28)30(38)26(45-32)16-20-14-24(33)29(25(15-20)37(40)41)44-17-19-6-10-22(34)11-7-19/h6-16,28H,4-5,17H2,1-3H3/b26-16-/t28-/m1/s1. The number of rotatable bonds is 10. The van der Waals surface area contributed by atoms with Crippen molar-refractivity contribution in [1.82, 2.24) is 4.57 Å². The van der Waals surface area contributed by atoms with Crippen LogP contribution in [0.4, 0.5) is 10.1 Å². The molecule has 0 N–H and O–H groups in total. The van der Waals surface area contributed by atoms with Crippen LogP contribution in [0.25, 0.3) is 6.08 Å². The molecule has 1 atom stereocenters. The summed E-state index contributed by atoms with van der Waals surface area (Å²) in [6.07, 6.45) is 1.53. The highest BCUT2D eigenvalue weighted by Crippen LogP contribution is 2.37. The molecule has 4 aromatic rings. The smallest absolute Gasteiger partial charge is 0.338 e. The molecule has 10 nitrogen and oxygen atoms in total. The number of thiazole rings is 1. The number of hydrogen-bond donors (Lipinski definition) is 0. The first-order valence-electron chi connectivity index (χ1n) is 13.9. The number of nitro groups is 1. The summed E-state index contributed by atoms with van der Waals surface area (Å²) in [4.78, 5) is 43.4. The highest BCUT2D eigenvalue weighted by Gasteiger charge is 2.33. The minimum absolute atomic E-state index is 0.00635. The fourth-order valence-electron chi connectivity index (χ4n) is 4.87. The highest BCUT2D eigenvalue weighted by molar-refractivity contribution is 9.10. The fraction of sp³-hybridized carbons (Fsp3) is 0.219. The van der Waals surface area contributed by atoms with Crippen LogP contribution >= 0.6 is 27.3 Å². The van der Waals surface area contributed by atoms with Gasteiger partial charge in [-0.1, -0.05) is 35.6 Å². The topological polar surface area (TPSA) is 122 Å². The van der Waals surface area contributed by atoms with Crippen LogP contribution in [0.5, 0.6) is 11.5 Å². The van der Waals surface area contributed by atoms with E-state index in [1.807, 2.05) is 6.92 Å². The Morgan fingerprint density at radius 2 is 1.82 bits per heavy atom. The first-order chi connectivity index (χ1) is 21.6. The second kappa shape index (κ2) is 13.6. The van der Waals surface area contributed by atoms with Gasteiger partial charge in [0.05, 0.1) is 44.5 Å². The number of carbonyl (C=O) groups excluding carboxylic acids is 1. The molecule has 3 aromatic carbocycles. The average molecular weight is 697 g/mol. The van der Waals surface area contributed by atoms with E-state index < -0.39 is 28.3 Å². The largest absolute Gasteiger partial charge is 0.494 e. The maximum Gasteiger partial charge on any atom is 0.338 e. The normalized spacial score (nSPS) is 14.5. The van der Waals surface area contributed by atoms with Crippen LogP contribution in [-0.4, -0.2) is 28.7 Å². The Bertz CT molecular complexity index is 1990. The van der Waals surface area contributed by atoms with Gasteiger partial charge in [0, 0.05) is 6.07 Å². The number of aromatic nitrogens is 1. The SMILES string of the molecule is CCOC(=O)C1=C(C)N=c2s/c(=C\c3cc(Br)c(OCc4ccc(F)cc4)c([N+](=O)[O-])c3)c(=O)n2[C@@H]1c1ccc(OCC)cc1. The third kappa shape index (κ3) is 6.74. The van der Waals surface area contributed by atoms with Gasteiger partial charge in [0.25, 0.3) is 5.56 Å². The molecule has 13 heteroatoms. The van der Waals surface area contributed by atoms with Gasteiger partial charge in [-0.3, -0.25) is 19.5 Å². The van der Waals surface area contributed by atoms with Crippen LogP contribution in [-0.2, 0) is 16.1 Å².